The number of nitrogens with one attached hydrogen (secondary N) is 1. The number of benzene rings is 1. The third-order valence-electron chi connectivity index (χ3n) is 4.75. The van der Waals surface area contributed by atoms with Crippen molar-refractivity contribution in [1.82, 2.24) is 9.88 Å². The van der Waals surface area contributed by atoms with Gasteiger partial charge in [-0.2, -0.15) is 0 Å². The van der Waals surface area contributed by atoms with Crippen molar-refractivity contribution in [3.63, 3.8) is 0 Å². The van der Waals surface area contributed by atoms with Gasteiger partial charge in [0.05, 0.1) is 11.2 Å². The number of anilines is 1. The van der Waals surface area contributed by atoms with Gasteiger partial charge in [0, 0.05) is 34.7 Å². The predicted molar refractivity (Wildman–Crippen MR) is 96.2 cm³/mol. The molecule has 0 bridgehead atoms. The monoisotopic (exact) mass is 360 g/mol. The van der Waals surface area contributed by atoms with Gasteiger partial charge in [-0.1, -0.05) is 15.9 Å². The van der Waals surface area contributed by atoms with Crippen molar-refractivity contribution >= 4 is 32.5 Å². The molecular formula is C18H23BrN3. The molecule has 1 saturated carbocycles. The number of aromatic nitrogens is 1. The molecule has 0 aliphatic heterocycles. The van der Waals surface area contributed by atoms with Gasteiger partial charge in [-0.15, -0.1) is 0 Å². The number of rotatable bonds is 4. The van der Waals surface area contributed by atoms with Crippen molar-refractivity contribution in [1.29, 1.82) is 0 Å². The smallest absolute Gasteiger partial charge is 0.0724 e. The highest BCUT2D eigenvalue weighted by Gasteiger charge is 2.22. The lowest BCUT2D eigenvalue weighted by atomic mass is 9.85. The standard InChI is InChI=1S/C18H23BrN3/c1-22(2)15-6-3-13(4-7-15)12-21-18-9-10-20-17-8-5-14(19)11-16(17)18/h5,8,10-11,13,15H,3-4,6-7,12H2,1-2H3,(H,20,21). The van der Waals surface area contributed by atoms with Crippen LogP contribution in [0.3, 0.4) is 0 Å². The van der Waals surface area contributed by atoms with Crippen LogP contribution in [0.25, 0.3) is 10.9 Å². The molecule has 4 heteroatoms. The maximum Gasteiger partial charge on any atom is 0.0724 e. The molecule has 0 unspecified atom stereocenters. The van der Waals surface area contributed by atoms with Gasteiger partial charge in [-0.25, -0.2) is 0 Å². The molecule has 0 atom stereocenters. The van der Waals surface area contributed by atoms with Crippen molar-refractivity contribution in [3.8, 4) is 0 Å². The zero-order chi connectivity index (χ0) is 15.5. The minimum Gasteiger partial charge on any atom is -0.384 e. The summed E-state index contributed by atoms with van der Waals surface area (Å²) in [5.41, 5.74) is 2.08. The first-order chi connectivity index (χ1) is 10.6. The molecule has 0 saturated heterocycles. The summed E-state index contributed by atoms with van der Waals surface area (Å²) in [5, 5.41) is 4.74. The Morgan fingerprint density at radius 3 is 2.77 bits per heavy atom. The predicted octanol–water partition coefficient (Wildman–Crippen LogP) is 4.33. The van der Waals surface area contributed by atoms with E-state index in [0.29, 0.717) is 0 Å². The molecule has 1 aliphatic rings. The Hall–Kier alpha value is -1.13. The molecule has 1 aromatic heterocycles. The molecule has 22 heavy (non-hydrogen) atoms. The van der Waals surface area contributed by atoms with Crippen LogP contribution in [0.4, 0.5) is 5.69 Å². The maximum absolute atomic E-state index is 4.39. The molecule has 117 valence electrons. The molecule has 3 nitrogen and oxygen atoms in total. The highest BCUT2D eigenvalue weighted by Crippen LogP contribution is 2.29. The van der Waals surface area contributed by atoms with Gasteiger partial charge in [0.1, 0.15) is 0 Å². The molecule has 0 spiro atoms. The second-order valence-corrected chi connectivity index (χ2v) is 7.37. The van der Waals surface area contributed by atoms with E-state index in [4.69, 9.17) is 0 Å². The van der Waals surface area contributed by atoms with Crippen LogP contribution in [0, 0.1) is 12.0 Å². The van der Waals surface area contributed by atoms with Crippen molar-refractivity contribution in [2.75, 3.05) is 26.0 Å². The number of nitrogens with zero attached hydrogens (tertiary/aromatic N) is 2. The fraction of sp³-hybridized carbons (Fsp3) is 0.500. The molecule has 1 radical (unpaired) electrons. The van der Waals surface area contributed by atoms with Gasteiger partial charge in [0.2, 0.25) is 0 Å². The lowest BCUT2D eigenvalue weighted by Gasteiger charge is -2.32. The van der Waals surface area contributed by atoms with E-state index in [9.17, 15) is 0 Å². The Morgan fingerprint density at radius 1 is 1.27 bits per heavy atom. The fourth-order valence-corrected chi connectivity index (χ4v) is 3.68. The lowest BCUT2D eigenvalue weighted by Crippen LogP contribution is -2.33. The van der Waals surface area contributed by atoms with E-state index in [1.165, 1.54) is 25.7 Å². The first kappa shape index (κ1) is 15.8. The molecular weight excluding hydrogens is 338 g/mol. The zero-order valence-electron chi connectivity index (χ0n) is 13.3. The zero-order valence-corrected chi connectivity index (χ0v) is 14.9. The minimum absolute atomic E-state index is 0.764. The van der Waals surface area contributed by atoms with Crippen molar-refractivity contribution < 1.29 is 0 Å². The van der Waals surface area contributed by atoms with Gasteiger partial charge >= 0.3 is 0 Å². The van der Waals surface area contributed by atoms with Crippen LogP contribution in [-0.2, 0) is 0 Å². The number of pyridine rings is 1. The summed E-state index contributed by atoms with van der Waals surface area (Å²) in [6, 6.07) is 10.2. The Kier molecular flexibility index (Phi) is 4.99. The van der Waals surface area contributed by atoms with Crippen LogP contribution >= 0.6 is 15.9 Å². The molecule has 2 aromatic rings. The molecule has 1 aliphatic carbocycles. The fourth-order valence-electron chi connectivity index (χ4n) is 3.32. The summed E-state index contributed by atoms with van der Waals surface area (Å²) in [5.74, 6) is 0.764. The van der Waals surface area contributed by atoms with Gasteiger partial charge in [-0.05, 0) is 63.9 Å². The third kappa shape index (κ3) is 3.61. The number of hydrogen-bond acceptors (Lipinski definition) is 3. The second kappa shape index (κ2) is 6.97. The van der Waals surface area contributed by atoms with E-state index in [0.717, 1.165) is 39.6 Å². The van der Waals surface area contributed by atoms with E-state index < -0.39 is 0 Å². The summed E-state index contributed by atoms with van der Waals surface area (Å²) in [7, 11) is 4.39. The average molecular weight is 361 g/mol. The minimum atomic E-state index is 0.764. The van der Waals surface area contributed by atoms with Crippen molar-refractivity contribution in [2.45, 2.75) is 31.7 Å². The molecule has 0 amide bonds. The quantitative estimate of drug-likeness (QED) is 0.879. The Morgan fingerprint density at radius 2 is 2.05 bits per heavy atom. The van der Waals surface area contributed by atoms with Gasteiger partial charge in [0.15, 0.2) is 0 Å². The van der Waals surface area contributed by atoms with E-state index in [1.807, 2.05) is 12.1 Å². The maximum atomic E-state index is 4.39. The average Bonchev–Trinajstić information content (AvgIpc) is 2.53. The number of hydrogen-bond donors (Lipinski definition) is 1. The van der Waals surface area contributed by atoms with E-state index in [2.05, 4.69) is 57.4 Å². The van der Waals surface area contributed by atoms with E-state index in [1.54, 1.807) is 6.20 Å². The summed E-state index contributed by atoms with van der Waals surface area (Å²) < 4.78 is 1.08. The van der Waals surface area contributed by atoms with Gasteiger partial charge < -0.3 is 10.2 Å². The lowest BCUT2D eigenvalue weighted by molar-refractivity contribution is 0.198. The highest BCUT2D eigenvalue weighted by atomic mass is 79.9. The molecule has 3 rings (SSSR count). The topological polar surface area (TPSA) is 28.2 Å². The van der Waals surface area contributed by atoms with Crippen LogP contribution < -0.4 is 5.32 Å². The normalized spacial score (nSPS) is 22.2. The number of fused-ring (bicyclic) bond motifs is 1. The Bertz CT molecular complexity index is 633. The molecule has 1 N–H and O–H groups in total. The van der Waals surface area contributed by atoms with E-state index in [-0.39, 0.29) is 0 Å². The second-order valence-electron chi connectivity index (χ2n) is 6.46. The van der Waals surface area contributed by atoms with Crippen LogP contribution in [0.5, 0.6) is 0 Å². The van der Waals surface area contributed by atoms with E-state index >= 15 is 0 Å². The van der Waals surface area contributed by atoms with Gasteiger partial charge in [0.25, 0.3) is 0 Å². The van der Waals surface area contributed by atoms with Gasteiger partial charge in [-0.3, -0.25) is 4.98 Å². The molecule has 1 aromatic carbocycles. The number of halogens is 1. The van der Waals surface area contributed by atoms with Crippen LogP contribution in [0.1, 0.15) is 25.7 Å². The summed E-state index contributed by atoms with van der Waals surface area (Å²) in [6.45, 7) is 1.03. The largest absolute Gasteiger partial charge is 0.384 e. The summed E-state index contributed by atoms with van der Waals surface area (Å²) >= 11 is 3.54. The Balaban J connectivity index is 1.64. The van der Waals surface area contributed by atoms with Crippen molar-refractivity contribution in [2.24, 2.45) is 5.92 Å². The summed E-state index contributed by atoms with van der Waals surface area (Å²) in [4.78, 5) is 6.75. The molecule has 1 fully saturated rings. The summed E-state index contributed by atoms with van der Waals surface area (Å²) in [6.07, 6.45) is 7.00. The molecule has 1 heterocycles. The van der Waals surface area contributed by atoms with Crippen LogP contribution in [0.15, 0.2) is 28.9 Å². The van der Waals surface area contributed by atoms with Crippen molar-refractivity contribution in [3.05, 3.63) is 34.9 Å². The van der Waals surface area contributed by atoms with Crippen LogP contribution in [0.2, 0.25) is 0 Å². The Labute approximate surface area is 141 Å². The highest BCUT2D eigenvalue weighted by molar-refractivity contribution is 9.10. The first-order valence-electron chi connectivity index (χ1n) is 7.99. The van der Waals surface area contributed by atoms with Crippen LogP contribution in [-0.4, -0.2) is 36.6 Å². The third-order valence-corrected chi connectivity index (χ3v) is 5.25. The SMILES string of the molecule is CN(C)C1CCC(CNc2[c]cnc3ccc(Br)cc23)CC1. The first-order valence-corrected chi connectivity index (χ1v) is 8.79.